The third-order valence-electron chi connectivity index (χ3n) is 8.34. The fourth-order valence-electron chi connectivity index (χ4n) is 6.87. The third kappa shape index (κ3) is 6.09. The first kappa shape index (κ1) is 29.5. The van der Waals surface area contributed by atoms with E-state index in [-0.39, 0.29) is 27.3 Å². The molecule has 1 aliphatic heterocycles. The van der Waals surface area contributed by atoms with Crippen molar-refractivity contribution >= 4 is 49.1 Å². The van der Waals surface area contributed by atoms with Crippen LogP contribution in [0.5, 0.6) is 0 Å². The van der Waals surface area contributed by atoms with Gasteiger partial charge in [-0.25, -0.2) is 18.2 Å². The second-order valence-corrected chi connectivity index (χ2v) is 15.9. The molecule has 2 bridgehead atoms. The first-order chi connectivity index (χ1) is 20.3. The molecule has 1 saturated carbocycles. The van der Waals surface area contributed by atoms with Crippen LogP contribution in [-0.2, 0) is 19.6 Å². The SMILES string of the molecule is Cc1ccc2nc(-c3ccc(NC(=O)COC(=O)c4cccc(S(=O)(=O)N5C[C@]6(C)C[C@@H]5CC(C)(C)C6)c4)cc3)sc2c1. The van der Waals surface area contributed by atoms with Crippen molar-refractivity contribution in [1.29, 1.82) is 0 Å². The van der Waals surface area contributed by atoms with Gasteiger partial charge in [0.15, 0.2) is 6.61 Å². The Kier molecular flexibility index (Phi) is 7.43. The van der Waals surface area contributed by atoms with E-state index in [4.69, 9.17) is 9.72 Å². The maximum atomic E-state index is 13.7. The fraction of sp³-hybridized carbons (Fsp3) is 0.364. The summed E-state index contributed by atoms with van der Waals surface area (Å²) in [6.45, 7) is 8.57. The molecule has 1 saturated heterocycles. The van der Waals surface area contributed by atoms with Gasteiger partial charge in [-0.1, -0.05) is 32.9 Å². The van der Waals surface area contributed by atoms with Gasteiger partial charge in [0.05, 0.1) is 20.7 Å². The number of aromatic nitrogens is 1. The highest BCUT2D eigenvalue weighted by molar-refractivity contribution is 7.89. The van der Waals surface area contributed by atoms with Gasteiger partial charge in [0.1, 0.15) is 5.01 Å². The van der Waals surface area contributed by atoms with E-state index in [0.717, 1.165) is 40.1 Å². The topological polar surface area (TPSA) is 106 Å². The normalized spacial score (nSPS) is 21.5. The van der Waals surface area contributed by atoms with E-state index in [1.54, 1.807) is 27.8 Å². The molecule has 2 aliphatic rings. The smallest absolute Gasteiger partial charge is 0.338 e. The maximum absolute atomic E-state index is 13.7. The molecule has 3 aromatic carbocycles. The van der Waals surface area contributed by atoms with Crippen molar-refractivity contribution in [3.05, 3.63) is 77.9 Å². The van der Waals surface area contributed by atoms with Crippen LogP contribution < -0.4 is 5.32 Å². The highest BCUT2D eigenvalue weighted by Crippen LogP contribution is 2.53. The Morgan fingerprint density at radius 3 is 2.58 bits per heavy atom. The molecule has 1 aromatic heterocycles. The summed E-state index contributed by atoms with van der Waals surface area (Å²) in [6, 6.07) is 19.3. The number of hydrogen-bond donors (Lipinski definition) is 1. The van der Waals surface area contributed by atoms with E-state index >= 15 is 0 Å². The quantitative estimate of drug-likeness (QED) is 0.233. The first-order valence-corrected chi connectivity index (χ1v) is 16.6. The lowest BCUT2D eigenvalue weighted by Gasteiger charge is -2.39. The Hall–Kier alpha value is -3.60. The summed E-state index contributed by atoms with van der Waals surface area (Å²) >= 11 is 1.61. The van der Waals surface area contributed by atoms with Gasteiger partial charge in [-0.3, -0.25) is 4.79 Å². The molecule has 1 N–H and O–H groups in total. The van der Waals surface area contributed by atoms with E-state index in [1.807, 2.05) is 24.3 Å². The number of benzene rings is 3. The zero-order valence-electron chi connectivity index (χ0n) is 24.7. The molecule has 224 valence electrons. The van der Waals surface area contributed by atoms with Crippen LogP contribution in [0.1, 0.15) is 56.0 Å². The standard InChI is InChI=1S/C33H35N3O5S2/c1-21-8-13-27-28(14-21)42-30(35-27)22-9-11-24(12-10-22)34-29(37)18-41-31(38)23-6-5-7-26(15-23)43(39,40)36-20-33(4)17-25(36)16-32(2,3)19-33/h5-15,25H,16-20H2,1-4H3,(H,34,37)/t25-,33+/m0/s1. The summed E-state index contributed by atoms with van der Waals surface area (Å²) in [4.78, 5) is 30.1. The van der Waals surface area contributed by atoms with E-state index in [0.29, 0.717) is 12.2 Å². The van der Waals surface area contributed by atoms with E-state index in [9.17, 15) is 18.0 Å². The summed E-state index contributed by atoms with van der Waals surface area (Å²) in [7, 11) is -3.80. The highest BCUT2D eigenvalue weighted by atomic mass is 32.2. The number of nitrogens with one attached hydrogen (secondary N) is 1. The van der Waals surface area contributed by atoms with Crippen LogP contribution in [0.4, 0.5) is 5.69 Å². The molecule has 6 rings (SSSR count). The molecule has 2 heterocycles. The molecule has 1 amide bonds. The number of carbonyl (C=O) groups is 2. The van der Waals surface area contributed by atoms with Gasteiger partial charge in [-0.05, 0) is 97.2 Å². The van der Waals surface area contributed by atoms with Crippen molar-refractivity contribution in [3.63, 3.8) is 0 Å². The molecule has 0 spiro atoms. The molecule has 2 atom stereocenters. The van der Waals surface area contributed by atoms with Gasteiger partial charge in [0.2, 0.25) is 10.0 Å². The van der Waals surface area contributed by atoms with Crippen molar-refractivity contribution in [1.82, 2.24) is 9.29 Å². The average Bonchev–Trinajstić information content (AvgIpc) is 3.48. The number of aryl methyl sites for hydroxylation is 1. The van der Waals surface area contributed by atoms with Gasteiger partial charge in [0, 0.05) is 23.8 Å². The molecule has 2 fully saturated rings. The molecule has 10 heteroatoms. The number of rotatable bonds is 7. The third-order valence-corrected chi connectivity index (χ3v) is 11.3. The predicted octanol–water partition coefficient (Wildman–Crippen LogP) is 6.66. The van der Waals surface area contributed by atoms with E-state index < -0.39 is 28.5 Å². The van der Waals surface area contributed by atoms with E-state index in [1.165, 1.54) is 29.8 Å². The summed E-state index contributed by atoms with van der Waals surface area (Å²) < 4.78 is 35.3. The predicted molar refractivity (Wildman–Crippen MR) is 169 cm³/mol. The molecule has 0 unspecified atom stereocenters. The number of hydrogen-bond acceptors (Lipinski definition) is 7. The monoisotopic (exact) mass is 617 g/mol. The van der Waals surface area contributed by atoms with Crippen LogP contribution in [0.15, 0.2) is 71.6 Å². The highest BCUT2D eigenvalue weighted by Gasteiger charge is 2.53. The first-order valence-electron chi connectivity index (χ1n) is 14.4. The molecule has 4 aromatic rings. The lowest BCUT2D eigenvalue weighted by Crippen LogP contribution is -2.37. The fourth-order valence-corrected chi connectivity index (χ4v) is 9.76. The van der Waals surface area contributed by atoms with Crippen LogP contribution in [-0.4, -0.2) is 48.8 Å². The number of thiazole rings is 1. The maximum Gasteiger partial charge on any atom is 0.338 e. The number of nitrogens with zero attached hydrogens (tertiary/aromatic N) is 2. The van der Waals surface area contributed by atoms with Gasteiger partial charge >= 0.3 is 5.97 Å². The minimum absolute atomic E-state index is 0.0571. The second-order valence-electron chi connectivity index (χ2n) is 13.0. The largest absolute Gasteiger partial charge is 0.452 e. The Morgan fingerprint density at radius 1 is 1.05 bits per heavy atom. The Balaban J connectivity index is 1.07. The minimum atomic E-state index is -3.80. The summed E-state index contributed by atoms with van der Waals surface area (Å²) in [5, 5.41) is 3.62. The van der Waals surface area contributed by atoms with E-state index in [2.05, 4.69) is 39.1 Å². The molecular formula is C33H35N3O5S2. The van der Waals surface area contributed by atoms with Gasteiger partial charge in [0.25, 0.3) is 5.91 Å². The van der Waals surface area contributed by atoms with Crippen molar-refractivity contribution in [2.75, 3.05) is 18.5 Å². The van der Waals surface area contributed by atoms with Crippen molar-refractivity contribution in [3.8, 4) is 10.6 Å². The lowest BCUT2D eigenvalue weighted by atomic mass is 9.65. The molecule has 43 heavy (non-hydrogen) atoms. The van der Waals surface area contributed by atoms with Gasteiger partial charge in [-0.15, -0.1) is 11.3 Å². The number of anilines is 1. The number of fused-ring (bicyclic) bond motifs is 3. The molecule has 0 radical (unpaired) electrons. The molecular weight excluding hydrogens is 583 g/mol. The van der Waals surface area contributed by atoms with Crippen LogP contribution >= 0.6 is 11.3 Å². The van der Waals surface area contributed by atoms with Gasteiger partial charge < -0.3 is 10.1 Å². The van der Waals surface area contributed by atoms with Crippen molar-refractivity contribution < 1.29 is 22.7 Å². The summed E-state index contributed by atoms with van der Waals surface area (Å²) in [6.07, 6.45) is 2.63. The zero-order valence-corrected chi connectivity index (χ0v) is 26.3. The van der Waals surface area contributed by atoms with Crippen LogP contribution in [0.2, 0.25) is 0 Å². The van der Waals surface area contributed by atoms with Crippen LogP contribution in [0, 0.1) is 17.8 Å². The summed E-state index contributed by atoms with van der Waals surface area (Å²) in [5.74, 6) is -1.26. The Bertz CT molecular complexity index is 1830. The molecule has 8 nitrogen and oxygen atoms in total. The Labute approximate surface area is 256 Å². The lowest BCUT2D eigenvalue weighted by molar-refractivity contribution is -0.119. The van der Waals surface area contributed by atoms with Crippen LogP contribution in [0.3, 0.4) is 0 Å². The zero-order chi connectivity index (χ0) is 30.6. The number of amides is 1. The molecule has 1 aliphatic carbocycles. The van der Waals surface area contributed by atoms with Crippen LogP contribution in [0.25, 0.3) is 20.8 Å². The number of sulfonamides is 1. The minimum Gasteiger partial charge on any atom is -0.452 e. The average molecular weight is 618 g/mol. The number of esters is 1. The van der Waals surface area contributed by atoms with Crippen molar-refractivity contribution in [2.24, 2.45) is 10.8 Å². The van der Waals surface area contributed by atoms with Gasteiger partial charge in [-0.2, -0.15) is 4.31 Å². The number of ether oxygens (including phenoxy) is 1. The van der Waals surface area contributed by atoms with Crippen molar-refractivity contribution in [2.45, 2.75) is 57.9 Å². The summed E-state index contributed by atoms with van der Waals surface area (Å²) in [5.41, 5.74) is 3.73. The second kappa shape index (κ2) is 10.8. The Morgan fingerprint density at radius 2 is 1.81 bits per heavy atom. The number of carbonyl (C=O) groups excluding carboxylic acids is 2.